The Kier molecular flexibility index (Phi) is 4.70. The lowest BCUT2D eigenvalue weighted by atomic mass is 10.0. The molecule has 0 radical (unpaired) electrons. The van der Waals surface area contributed by atoms with Gasteiger partial charge in [0.05, 0.1) is 17.9 Å². The maximum absolute atomic E-state index is 13.4. The van der Waals surface area contributed by atoms with Gasteiger partial charge in [-0.2, -0.15) is 0 Å². The van der Waals surface area contributed by atoms with Gasteiger partial charge in [0, 0.05) is 6.04 Å². The number of fused-ring (bicyclic) bond motifs is 2. The normalized spacial score (nSPS) is 17.0. The summed E-state index contributed by atoms with van der Waals surface area (Å²) in [5, 5.41) is 9.45. The van der Waals surface area contributed by atoms with Crippen LogP contribution in [0, 0.1) is 0 Å². The van der Waals surface area contributed by atoms with E-state index in [0.29, 0.717) is 0 Å². The summed E-state index contributed by atoms with van der Waals surface area (Å²) in [6, 6.07) is 15.5. The van der Waals surface area contributed by atoms with E-state index in [4.69, 9.17) is 0 Å². The molecule has 1 aliphatic carbocycles. The molecule has 27 heavy (non-hydrogen) atoms. The standard InChI is InChI=1S/C22H24N2O3/c1-15(22(26)27)23(18-12-13-18)14-21(25)24-19-8-4-2-6-16(19)10-11-17-7-3-5-9-20(17)24/h2-9,15,18H,10-14H2,1H3,(H,26,27). The van der Waals surface area contributed by atoms with Gasteiger partial charge in [-0.1, -0.05) is 36.4 Å². The second-order valence-corrected chi connectivity index (χ2v) is 7.40. The number of para-hydroxylation sites is 2. The molecule has 4 rings (SSSR count). The Balaban J connectivity index is 1.71. The minimum Gasteiger partial charge on any atom is -0.480 e. The van der Waals surface area contributed by atoms with Gasteiger partial charge < -0.3 is 5.11 Å². The number of amides is 1. The highest BCUT2D eigenvalue weighted by atomic mass is 16.4. The van der Waals surface area contributed by atoms with Crippen LogP contribution in [-0.4, -0.2) is 40.5 Å². The average Bonchev–Trinajstić information content (AvgIpc) is 3.51. The summed E-state index contributed by atoms with van der Waals surface area (Å²) in [5.74, 6) is -0.955. The van der Waals surface area contributed by atoms with Gasteiger partial charge in [0.1, 0.15) is 6.04 Å². The molecule has 1 saturated carbocycles. The molecular weight excluding hydrogens is 340 g/mol. The predicted molar refractivity (Wildman–Crippen MR) is 104 cm³/mol. The van der Waals surface area contributed by atoms with Crippen molar-refractivity contribution in [2.75, 3.05) is 11.4 Å². The lowest BCUT2D eigenvalue weighted by Crippen LogP contribution is -2.46. The van der Waals surface area contributed by atoms with Crippen molar-refractivity contribution in [1.82, 2.24) is 4.90 Å². The maximum Gasteiger partial charge on any atom is 0.320 e. The van der Waals surface area contributed by atoms with Crippen LogP contribution in [0.1, 0.15) is 30.9 Å². The molecule has 1 fully saturated rings. The second-order valence-electron chi connectivity index (χ2n) is 7.40. The predicted octanol–water partition coefficient (Wildman–Crippen LogP) is 3.39. The van der Waals surface area contributed by atoms with Crippen molar-refractivity contribution in [3.63, 3.8) is 0 Å². The largest absolute Gasteiger partial charge is 0.480 e. The first-order valence-electron chi connectivity index (χ1n) is 9.53. The number of rotatable bonds is 5. The molecule has 1 amide bonds. The quantitative estimate of drug-likeness (QED) is 0.883. The van der Waals surface area contributed by atoms with Crippen LogP contribution >= 0.6 is 0 Å². The number of carboxylic acids is 1. The summed E-state index contributed by atoms with van der Waals surface area (Å²) < 4.78 is 0. The van der Waals surface area contributed by atoms with Crippen molar-refractivity contribution in [2.45, 2.75) is 44.7 Å². The van der Waals surface area contributed by atoms with Gasteiger partial charge in [-0.15, -0.1) is 0 Å². The van der Waals surface area contributed by atoms with E-state index in [0.717, 1.165) is 48.2 Å². The Morgan fingerprint density at radius 3 is 2.04 bits per heavy atom. The first-order valence-corrected chi connectivity index (χ1v) is 9.53. The van der Waals surface area contributed by atoms with Gasteiger partial charge in [0.2, 0.25) is 5.91 Å². The van der Waals surface area contributed by atoms with Crippen LogP contribution in [0.2, 0.25) is 0 Å². The molecule has 0 aromatic heterocycles. The highest BCUT2D eigenvalue weighted by Gasteiger charge is 2.38. The third-order valence-electron chi connectivity index (χ3n) is 5.57. The number of hydrogen-bond acceptors (Lipinski definition) is 3. The molecule has 5 nitrogen and oxygen atoms in total. The van der Waals surface area contributed by atoms with Crippen LogP contribution < -0.4 is 4.90 Å². The summed E-state index contributed by atoms with van der Waals surface area (Å²) in [4.78, 5) is 28.6. The van der Waals surface area contributed by atoms with Crippen LogP contribution in [0.15, 0.2) is 48.5 Å². The van der Waals surface area contributed by atoms with Gasteiger partial charge in [-0.3, -0.25) is 19.4 Å². The number of benzene rings is 2. The first-order chi connectivity index (χ1) is 13.1. The lowest BCUT2D eigenvalue weighted by molar-refractivity contribution is -0.143. The van der Waals surface area contributed by atoms with Crippen LogP contribution in [0.5, 0.6) is 0 Å². The van der Waals surface area contributed by atoms with Crippen molar-refractivity contribution >= 4 is 23.3 Å². The monoisotopic (exact) mass is 364 g/mol. The van der Waals surface area contributed by atoms with Crippen molar-refractivity contribution in [2.24, 2.45) is 0 Å². The molecule has 1 unspecified atom stereocenters. The fourth-order valence-electron chi connectivity index (χ4n) is 3.91. The topological polar surface area (TPSA) is 60.9 Å². The van der Waals surface area contributed by atoms with Gasteiger partial charge in [0.15, 0.2) is 0 Å². The third kappa shape index (κ3) is 3.47. The zero-order chi connectivity index (χ0) is 19.0. The summed E-state index contributed by atoms with van der Waals surface area (Å²) in [6.45, 7) is 1.78. The Bertz CT molecular complexity index is 828. The zero-order valence-corrected chi connectivity index (χ0v) is 15.5. The van der Waals surface area contributed by atoms with E-state index in [-0.39, 0.29) is 18.5 Å². The number of carbonyl (C=O) groups excluding carboxylic acids is 1. The van der Waals surface area contributed by atoms with E-state index in [2.05, 4.69) is 12.1 Å². The molecule has 0 saturated heterocycles. The van der Waals surface area contributed by atoms with Crippen LogP contribution in [0.4, 0.5) is 11.4 Å². The van der Waals surface area contributed by atoms with Crippen LogP contribution in [0.25, 0.3) is 0 Å². The molecule has 5 heteroatoms. The average molecular weight is 364 g/mol. The van der Waals surface area contributed by atoms with Crippen LogP contribution in [0.3, 0.4) is 0 Å². The number of aryl methyl sites for hydroxylation is 2. The lowest BCUT2D eigenvalue weighted by Gasteiger charge is -2.30. The van der Waals surface area contributed by atoms with Crippen molar-refractivity contribution in [3.05, 3.63) is 59.7 Å². The Morgan fingerprint density at radius 1 is 1.04 bits per heavy atom. The number of carbonyl (C=O) groups is 2. The van der Waals surface area contributed by atoms with E-state index in [1.807, 2.05) is 41.3 Å². The first kappa shape index (κ1) is 17.7. The van der Waals surface area contributed by atoms with Crippen LogP contribution in [-0.2, 0) is 22.4 Å². The molecule has 1 atom stereocenters. The highest BCUT2D eigenvalue weighted by Crippen LogP contribution is 2.37. The molecule has 2 aromatic carbocycles. The Labute approximate surface area is 159 Å². The van der Waals surface area contributed by atoms with Gasteiger partial charge in [0.25, 0.3) is 0 Å². The second kappa shape index (κ2) is 7.16. The molecule has 1 aliphatic heterocycles. The van der Waals surface area contributed by atoms with E-state index >= 15 is 0 Å². The third-order valence-corrected chi connectivity index (χ3v) is 5.57. The van der Waals surface area contributed by atoms with E-state index < -0.39 is 12.0 Å². The number of carboxylic acid groups (broad SMARTS) is 1. The fraction of sp³-hybridized carbons (Fsp3) is 0.364. The highest BCUT2D eigenvalue weighted by molar-refractivity contribution is 6.03. The number of aliphatic carboxylic acids is 1. The van der Waals surface area contributed by atoms with Crippen molar-refractivity contribution < 1.29 is 14.7 Å². The van der Waals surface area contributed by atoms with Crippen molar-refractivity contribution in [1.29, 1.82) is 0 Å². The minimum atomic E-state index is -0.883. The summed E-state index contributed by atoms with van der Waals surface area (Å²) in [5.41, 5.74) is 4.11. The Morgan fingerprint density at radius 2 is 1.56 bits per heavy atom. The molecule has 2 aliphatic rings. The molecule has 0 spiro atoms. The van der Waals surface area contributed by atoms with Gasteiger partial charge in [-0.05, 0) is 55.9 Å². The molecule has 1 N–H and O–H groups in total. The number of nitrogens with zero attached hydrogens (tertiary/aromatic N) is 2. The van der Waals surface area contributed by atoms with Crippen molar-refractivity contribution in [3.8, 4) is 0 Å². The summed E-state index contributed by atoms with van der Waals surface area (Å²) >= 11 is 0. The zero-order valence-electron chi connectivity index (χ0n) is 15.5. The Hall–Kier alpha value is -2.66. The molecule has 1 heterocycles. The van der Waals surface area contributed by atoms with E-state index in [1.54, 1.807) is 11.8 Å². The molecular formula is C22H24N2O3. The maximum atomic E-state index is 13.4. The SMILES string of the molecule is CC(C(=O)O)N(CC(=O)N1c2ccccc2CCc2ccccc21)C1CC1. The van der Waals surface area contributed by atoms with Gasteiger partial charge in [-0.25, -0.2) is 0 Å². The molecule has 140 valence electrons. The fourth-order valence-corrected chi connectivity index (χ4v) is 3.91. The molecule has 0 bridgehead atoms. The summed E-state index contributed by atoms with van der Waals surface area (Å²) in [7, 11) is 0. The molecule has 2 aromatic rings. The van der Waals surface area contributed by atoms with E-state index in [1.165, 1.54) is 0 Å². The smallest absolute Gasteiger partial charge is 0.320 e. The summed E-state index contributed by atoms with van der Waals surface area (Å²) in [6.07, 6.45) is 3.68. The minimum absolute atomic E-state index is 0.0724. The van der Waals surface area contributed by atoms with E-state index in [9.17, 15) is 14.7 Å². The van der Waals surface area contributed by atoms with Gasteiger partial charge >= 0.3 is 5.97 Å². The number of anilines is 2. The number of hydrogen-bond donors (Lipinski definition) is 1.